The van der Waals surface area contributed by atoms with Crippen LogP contribution in [0.15, 0.2) is 43.1 Å². The number of pyridine rings is 1. The number of ketones is 1. The van der Waals surface area contributed by atoms with Gasteiger partial charge in [-0.3, -0.25) is 14.5 Å². The molecule has 0 aromatic carbocycles. The SMILES string of the molecule is COc1ncc(-c2ccc(C(C(=O)CCC(C)C)C3CCC(Cc4ncc(C(C)C)c(-c5nn(C)cc5Cl)n4)CC3)nc2)cn1. The quantitative estimate of drug-likeness (QED) is 0.157. The monoisotopic (exact) mass is 629 g/mol. The summed E-state index contributed by atoms with van der Waals surface area (Å²) in [4.78, 5) is 36.7. The highest BCUT2D eigenvalue weighted by Gasteiger charge is 2.34. The maximum atomic E-state index is 13.7. The van der Waals surface area contributed by atoms with Gasteiger partial charge in [0.1, 0.15) is 17.3 Å². The van der Waals surface area contributed by atoms with E-state index in [1.165, 1.54) is 0 Å². The van der Waals surface area contributed by atoms with Crippen LogP contribution < -0.4 is 4.74 Å². The van der Waals surface area contributed by atoms with Gasteiger partial charge in [0, 0.05) is 67.6 Å². The van der Waals surface area contributed by atoms with Gasteiger partial charge >= 0.3 is 6.01 Å². The second-order valence-electron chi connectivity index (χ2n) is 13.0. The smallest absolute Gasteiger partial charge is 0.316 e. The third-order valence-corrected chi connectivity index (χ3v) is 9.17. The van der Waals surface area contributed by atoms with Gasteiger partial charge in [-0.15, -0.1) is 0 Å². The van der Waals surface area contributed by atoms with Gasteiger partial charge in [0.05, 0.1) is 29.4 Å². The van der Waals surface area contributed by atoms with Crippen molar-refractivity contribution in [2.75, 3.05) is 7.11 Å². The Morgan fingerprint density at radius 1 is 0.956 bits per heavy atom. The first-order valence-corrected chi connectivity index (χ1v) is 16.4. The van der Waals surface area contributed by atoms with Gasteiger partial charge in [0.15, 0.2) is 0 Å². The lowest BCUT2D eigenvalue weighted by Gasteiger charge is -2.33. The second kappa shape index (κ2) is 14.6. The van der Waals surface area contributed by atoms with Crippen molar-refractivity contribution in [3.8, 4) is 28.5 Å². The van der Waals surface area contributed by atoms with Crippen LogP contribution in [0, 0.1) is 17.8 Å². The number of ether oxygens (including phenoxy) is 1. The number of carbonyl (C=O) groups is 1. The van der Waals surface area contributed by atoms with Gasteiger partial charge in [-0.25, -0.2) is 19.9 Å². The van der Waals surface area contributed by atoms with Crippen molar-refractivity contribution in [1.82, 2.24) is 34.7 Å². The summed E-state index contributed by atoms with van der Waals surface area (Å²) in [7, 11) is 3.41. The Morgan fingerprint density at radius 3 is 2.24 bits per heavy atom. The number of hydrogen-bond acceptors (Lipinski definition) is 8. The summed E-state index contributed by atoms with van der Waals surface area (Å²) >= 11 is 6.53. The first-order valence-electron chi connectivity index (χ1n) is 16.0. The van der Waals surface area contributed by atoms with Gasteiger partial charge in [0.25, 0.3) is 0 Å². The standard InChI is InChI=1S/C35H44ClN7O2/c1-21(2)7-14-30(44)32(29-13-12-25(16-37-29)26-17-39-35(45-6)40-18-26)24-10-8-23(9-11-24)15-31-38-19-27(22(3)4)33(41-31)34-28(36)20-43(5)42-34/h12-13,16-24,32H,7-11,14-15H2,1-6H3. The number of nitrogens with zero attached hydrogens (tertiary/aromatic N) is 7. The summed E-state index contributed by atoms with van der Waals surface area (Å²) in [5, 5.41) is 5.18. The van der Waals surface area contributed by atoms with Crippen LogP contribution in [-0.4, -0.2) is 47.6 Å². The molecule has 4 heterocycles. The molecule has 238 valence electrons. The van der Waals surface area contributed by atoms with E-state index >= 15 is 0 Å². The zero-order valence-electron chi connectivity index (χ0n) is 27.2. The van der Waals surface area contributed by atoms with Crippen molar-refractivity contribution >= 4 is 17.4 Å². The van der Waals surface area contributed by atoms with E-state index in [4.69, 9.17) is 31.3 Å². The Labute approximate surface area is 271 Å². The summed E-state index contributed by atoms with van der Waals surface area (Å²) in [5.41, 5.74) is 5.19. The van der Waals surface area contributed by atoms with Crippen molar-refractivity contribution < 1.29 is 9.53 Å². The highest BCUT2D eigenvalue weighted by molar-refractivity contribution is 6.32. The van der Waals surface area contributed by atoms with Crippen molar-refractivity contribution in [2.24, 2.45) is 24.8 Å². The van der Waals surface area contributed by atoms with E-state index in [2.05, 4.69) is 42.8 Å². The van der Waals surface area contributed by atoms with Crippen LogP contribution in [0.5, 0.6) is 6.01 Å². The number of carbonyl (C=O) groups excluding carboxylic acids is 1. The van der Waals surface area contributed by atoms with Crippen molar-refractivity contribution in [2.45, 2.75) is 84.5 Å². The van der Waals surface area contributed by atoms with Crippen molar-refractivity contribution in [3.63, 3.8) is 0 Å². The molecule has 1 atom stereocenters. The zero-order valence-corrected chi connectivity index (χ0v) is 28.0. The van der Waals surface area contributed by atoms with Crippen molar-refractivity contribution in [1.29, 1.82) is 0 Å². The number of rotatable bonds is 12. The number of Topliss-reactive ketones (excluding diaryl/α,β-unsaturated/α-hetero) is 1. The molecule has 45 heavy (non-hydrogen) atoms. The molecule has 0 spiro atoms. The molecular weight excluding hydrogens is 586 g/mol. The van der Waals surface area contributed by atoms with Gasteiger partial charge in [0.2, 0.25) is 0 Å². The van der Waals surface area contributed by atoms with E-state index in [9.17, 15) is 4.79 Å². The highest BCUT2D eigenvalue weighted by atomic mass is 35.5. The van der Waals surface area contributed by atoms with Gasteiger partial charge in [-0.1, -0.05) is 45.4 Å². The molecule has 0 amide bonds. The van der Waals surface area contributed by atoms with Crippen molar-refractivity contribution in [3.05, 3.63) is 65.2 Å². The molecule has 4 aromatic rings. The molecule has 1 unspecified atom stereocenters. The Bertz CT molecular complexity index is 1580. The third-order valence-electron chi connectivity index (χ3n) is 8.90. The number of methoxy groups -OCH3 is 1. The van der Waals surface area contributed by atoms with Gasteiger partial charge < -0.3 is 4.74 Å². The molecule has 0 aliphatic heterocycles. The zero-order chi connectivity index (χ0) is 32.1. The number of aryl methyl sites for hydroxylation is 1. The Kier molecular flexibility index (Phi) is 10.6. The fourth-order valence-electron chi connectivity index (χ4n) is 6.33. The average Bonchev–Trinajstić information content (AvgIpc) is 3.38. The molecule has 1 aliphatic rings. The van der Waals surface area contributed by atoms with E-state index in [1.54, 1.807) is 30.4 Å². The maximum absolute atomic E-state index is 13.7. The minimum Gasteiger partial charge on any atom is -0.467 e. The van der Waals surface area contributed by atoms with E-state index in [-0.39, 0.29) is 17.8 Å². The molecule has 10 heteroatoms. The largest absolute Gasteiger partial charge is 0.467 e. The molecule has 0 radical (unpaired) electrons. The van der Waals surface area contributed by atoms with E-state index in [0.717, 1.165) is 72.4 Å². The van der Waals surface area contributed by atoms with Crippen LogP contribution in [0.3, 0.4) is 0 Å². The fraction of sp³-hybridized carbons (Fsp3) is 0.514. The molecular formula is C35H44ClN7O2. The van der Waals surface area contributed by atoms with E-state index < -0.39 is 0 Å². The van der Waals surface area contributed by atoms with E-state index in [1.807, 2.05) is 31.6 Å². The minimum absolute atomic E-state index is 0.203. The topological polar surface area (TPSA) is 109 Å². The summed E-state index contributed by atoms with van der Waals surface area (Å²) in [5.74, 6) is 2.35. The van der Waals surface area contributed by atoms with Gasteiger partial charge in [-0.05, 0) is 61.8 Å². The maximum Gasteiger partial charge on any atom is 0.316 e. The summed E-state index contributed by atoms with van der Waals surface area (Å²) in [6.45, 7) is 8.60. The Hall–Kier alpha value is -3.72. The predicted molar refractivity (Wildman–Crippen MR) is 176 cm³/mol. The number of hydrogen-bond donors (Lipinski definition) is 0. The van der Waals surface area contributed by atoms with Crippen LogP contribution in [-0.2, 0) is 18.3 Å². The molecule has 0 N–H and O–H groups in total. The lowest BCUT2D eigenvalue weighted by Crippen LogP contribution is -2.28. The molecule has 1 saturated carbocycles. The Balaban J connectivity index is 1.30. The minimum atomic E-state index is -0.203. The van der Waals surface area contributed by atoms with Crippen LogP contribution in [0.1, 0.15) is 95.1 Å². The van der Waals surface area contributed by atoms with Crippen LogP contribution in [0.25, 0.3) is 22.5 Å². The second-order valence-corrected chi connectivity index (χ2v) is 13.4. The number of halogens is 1. The van der Waals surface area contributed by atoms with Crippen LogP contribution in [0.2, 0.25) is 5.02 Å². The Morgan fingerprint density at radius 2 is 1.67 bits per heavy atom. The first kappa shape index (κ1) is 32.7. The molecule has 1 fully saturated rings. The molecule has 0 saturated heterocycles. The summed E-state index contributed by atoms with van der Waals surface area (Å²) in [6, 6.07) is 4.36. The normalized spacial score (nSPS) is 17.5. The lowest BCUT2D eigenvalue weighted by molar-refractivity contribution is -0.122. The molecule has 0 bridgehead atoms. The average molecular weight is 630 g/mol. The van der Waals surface area contributed by atoms with Gasteiger partial charge in [-0.2, -0.15) is 5.10 Å². The molecule has 5 rings (SSSR count). The first-order chi connectivity index (χ1) is 21.6. The molecule has 4 aromatic heterocycles. The highest BCUT2D eigenvalue weighted by Crippen LogP contribution is 2.41. The lowest BCUT2D eigenvalue weighted by atomic mass is 9.71. The fourth-order valence-corrected chi connectivity index (χ4v) is 6.60. The predicted octanol–water partition coefficient (Wildman–Crippen LogP) is 7.65. The molecule has 1 aliphatic carbocycles. The third kappa shape index (κ3) is 7.93. The number of aromatic nitrogens is 7. The summed E-state index contributed by atoms with van der Waals surface area (Å²) < 4.78 is 6.80. The molecule has 9 nitrogen and oxygen atoms in total. The van der Waals surface area contributed by atoms with Crippen LogP contribution >= 0.6 is 11.6 Å². The van der Waals surface area contributed by atoms with Crippen LogP contribution in [0.4, 0.5) is 0 Å². The summed E-state index contributed by atoms with van der Waals surface area (Å²) in [6.07, 6.45) is 15.3. The van der Waals surface area contributed by atoms with E-state index in [0.29, 0.717) is 40.8 Å².